The van der Waals surface area contributed by atoms with Gasteiger partial charge in [-0.25, -0.2) is 13.6 Å². The Morgan fingerprint density at radius 1 is 1.26 bits per heavy atom. The second kappa shape index (κ2) is 7.50. The molecule has 6 nitrogen and oxygen atoms in total. The zero-order valence-corrected chi connectivity index (χ0v) is 14.7. The molecule has 0 radical (unpaired) electrons. The molecule has 0 bridgehead atoms. The van der Waals surface area contributed by atoms with Crippen molar-refractivity contribution in [1.29, 1.82) is 0 Å². The predicted octanol–water partition coefficient (Wildman–Crippen LogP) is 2.97. The van der Waals surface area contributed by atoms with Crippen molar-refractivity contribution >= 4 is 29.3 Å². The summed E-state index contributed by atoms with van der Waals surface area (Å²) in [4.78, 5) is 25.5. The van der Waals surface area contributed by atoms with Gasteiger partial charge in [-0.1, -0.05) is 23.7 Å². The second-order valence-electron chi connectivity index (χ2n) is 5.92. The molecular weight excluding hydrogens is 382 g/mol. The topological polar surface area (TPSA) is 78.9 Å². The average molecular weight is 397 g/mol. The van der Waals surface area contributed by atoms with Crippen LogP contribution in [0.5, 0.6) is 0 Å². The Labute approximate surface area is 158 Å². The summed E-state index contributed by atoms with van der Waals surface area (Å²) >= 11 is 5.66. The molecule has 9 heteroatoms. The molecule has 2 N–H and O–H groups in total. The Balaban J connectivity index is 1.62. The largest absolute Gasteiger partial charge is 0.410 e. The maximum absolute atomic E-state index is 13.8. The normalized spacial score (nSPS) is 19.3. The number of carbonyl (C=O) groups excluding carboxylic acids is 2. The Bertz CT molecular complexity index is 878. The van der Waals surface area contributed by atoms with Gasteiger partial charge >= 0.3 is 6.09 Å². The van der Waals surface area contributed by atoms with E-state index >= 15 is 0 Å². The van der Waals surface area contributed by atoms with Crippen molar-refractivity contribution < 1.29 is 28.2 Å². The molecule has 27 heavy (non-hydrogen) atoms. The van der Waals surface area contributed by atoms with E-state index in [0.717, 1.165) is 0 Å². The number of amides is 2. The van der Waals surface area contributed by atoms with Gasteiger partial charge in [0.05, 0.1) is 5.02 Å². The highest BCUT2D eigenvalue weighted by Gasteiger charge is 2.49. The fourth-order valence-corrected chi connectivity index (χ4v) is 2.88. The molecule has 2 amide bonds. The Hall–Kier alpha value is -2.71. The first-order valence-corrected chi connectivity index (χ1v) is 8.37. The van der Waals surface area contributed by atoms with Gasteiger partial charge in [-0.05, 0) is 30.3 Å². The second-order valence-corrected chi connectivity index (χ2v) is 6.33. The number of benzene rings is 2. The smallest absolute Gasteiger partial charge is 0.407 e. The van der Waals surface area contributed by atoms with Crippen molar-refractivity contribution in [1.82, 2.24) is 5.32 Å². The van der Waals surface area contributed by atoms with Crippen LogP contribution in [0.15, 0.2) is 42.5 Å². The summed E-state index contributed by atoms with van der Waals surface area (Å²) < 4.78 is 31.7. The minimum Gasteiger partial charge on any atom is -0.407 e. The standard InChI is InChI=1S/C18H15ClF2N2O4/c19-14-3-1-2-11(15(14)21)10-22-17(25)27-18(26)8-9-23(16(18)24)13-6-4-12(20)5-7-13/h1-7,26H,8-10H2,(H,22,25)/t18-/m1/s1. The minimum atomic E-state index is -2.36. The molecule has 1 aliphatic rings. The summed E-state index contributed by atoms with van der Waals surface area (Å²) in [6.07, 6.45) is -1.26. The third-order valence-corrected chi connectivity index (χ3v) is 4.40. The van der Waals surface area contributed by atoms with Crippen LogP contribution >= 0.6 is 11.6 Å². The van der Waals surface area contributed by atoms with Crippen molar-refractivity contribution in [2.75, 3.05) is 11.4 Å². The molecule has 1 saturated heterocycles. The lowest BCUT2D eigenvalue weighted by Gasteiger charge is -2.22. The molecular formula is C18H15ClF2N2O4. The first-order valence-electron chi connectivity index (χ1n) is 8.00. The van der Waals surface area contributed by atoms with Gasteiger partial charge in [0.1, 0.15) is 11.6 Å². The maximum Gasteiger partial charge on any atom is 0.410 e. The third kappa shape index (κ3) is 4.01. The van der Waals surface area contributed by atoms with Crippen molar-refractivity contribution in [3.05, 3.63) is 64.7 Å². The zero-order valence-electron chi connectivity index (χ0n) is 13.9. The van der Waals surface area contributed by atoms with E-state index in [4.69, 9.17) is 16.3 Å². The molecule has 2 aromatic carbocycles. The van der Waals surface area contributed by atoms with E-state index in [-0.39, 0.29) is 30.1 Å². The molecule has 0 spiro atoms. The van der Waals surface area contributed by atoms with Gasteiger partial charge in [-0.3, -0.25) is 4.79 Å². The van der Waals surface area contributed by atoms with E-state index in [1.807, 2.05) is 0 Å². The maximum atomic E-state index is 13.8. The molecule has 3 rings (SSSR count). The quantitative estimate of drug-likeness (QED) is 0.779. The molecule has 1 heterocycles. The molecule has 0 saturated carbocycles. The fraction of sp³-hybridized carbons (Fsp3) is 0.222. The molecule has 1 aliphatic heterocycles. The van der Waals surface area contributed by atoms with Crippen molar-refractivity contribution in [3.63, 3.8) is 0 Å². The van der Waals surface area contributed by atoms with Crippen LogP contribution in [0.4, 0.5) is 19.3 Å². The summed E-state index contributed by atoms with van der Waals surface area (Å²) in [5.74, 6) is -4.36. The molecule has 0 aliphatic carbocycles. The zero-order chi connectivity index (χ0) is 19.6. The number of hydrogen-bond acceptors (Lipinski definition) is 4. The molecule has 1 fully saturated rings. The minimum absolute atomic E-state index is 0.0805. The van der Waals surface area contributed by atoms with Crippen LogP contribution in [0.25, 0.3) is 0 Å². The van der Waals surface area contributed by atoms with Crippen LogP contribution in [-0.4, -0.2) is 29.4 Å². The number of nitrogens with zero attached hydrogens (tertiary/aromatic N) is 1. The summed E-state index contributed by atoms with van der Waals surface area (Å²) in [6, 6.07) is 9.40. The van der Waals surface area contributed by atoms with E-state index in [1.165, 1.54) is 47.4 Å². The van der Waals surface area contributed by atoms with Crippen LogP contribution in [0.1, 0.15) is 12.0 Å². The highest BCUT2D eigenvalue weighted by Crippen LogP contribution is 2.29. The van der Waals surface area contributed by atoms with E-state index < -0.39 is 29.4 Å². The predicted molar refractivity (Wildman–Crippen MR) is 93.1 cm³/mol. The summed E-state index contributed by atoms with van der Waals surface area (Å²) in [5.41, 5.74) is 0.486. The molecule has 0 aromatic heterocycles. The highest BCUT2D eigenvalue weighted by molar-refractivity contribution is 6.30. The van der Waals surface area contributed by atoms with E-state index in [9.17, 15) is 23.5 Å². The van der Waals surface area contributed by atoms with Crippen LogP contribution in [0.2, 0.25) is 5.02 Å². The van der Waals surface area contributed by atoms with Crippen molar-refractivity contribution in [3.8, 4) is 0 Å². The third-order valence-electron chi connectivity index (χ3n) is 4.11. The van der Waals surface area contributed by atoms with Crippen molar-refractivity contribution in [2.24, 2.45) is 0 Å². The van der Waals surface area contributed by atoms with Gasteiger partial charge in [0.15, 0.2) is 0 Å². The number of hydrogen-bond donors (Lipinski definition) is 2. The van der Waals surface area contributed by atoms with Gasteiger partial charge in [-0.2, -0.15) is 0 Å². The van der Waals surface area contributed by atoms with E-state index in [2.05, 4.69) is 5.32 Å². The summed E-state index contributed by atoms with van der Waals surface area (Å²) in [6.45, 7) is -0.158. The first kappa shape index (κ1) is 19.1. The van der Waals surface area contributed by atoms with Gasteiger partial charge in [-0.15, -0.1) is 0 Å². The van der Waals surface area contributed by atoms with Crippen LogP contribution in [0, 0.1) is 11.6 Å². The van der Waals surface area contributed by atoms with Gasteiger partial charge in [0, 0.05) is 30.8 Å². The number of anilines is 1. The number of alkyl carbamates (subject to hydrolysis) is 1. The van der Waals surface area contributed by atoms with Gasteiger partial charge in [0.25, 0.3) is 11.7 Å². The number of halogens is 3. The number of carbonyl (C=O) groups is 2. The SMILES string of the molecule is O=C(NCc1cccc(Cl)c1F)O[C@]1(O)CCN(c2ccc(F)cc2)C1=O. The molecule has 2 aromatic rings. The lowest BCUT2D eigenvalue weighted by molar-refractivity contribution is -0.175. The number of nitrogens with one attached hydrogen (secondary N) is 1. The molecule has 142 valence electrons. The molecule has 1 atom stereocenters. The monoisotopic (exact) mass is 396 g/mol. The number of ether oxygens (including phenoxy) is 1. The Kier molecular flexibility index (Phi) is 5.29. The lowest BCUT2D eigenvalue weighted by Crippen LogP contribution is -2.46. The average Bonchev–Trinajstić information content (AvgIpc) is 2.92. The first-order chi connectivity index (χ1) is 12.8. The van der Waals surface area contributed by atoms with Gasteiger partial charge in [0.2, 0.25) is 0 Å². The van der Waals surface area contributed by atoms with E-state index in [1.54, 1.807) is 0 Å². The Morgan fingerprint density at radius 2 is 1.96 bits per heavy atom. The van der Waals surface area contributed by atoms with Gasteiger partial charge < -0.3 is 20.1 Å². The van der Waals surface area contributed by atoms with E-state index in [0.29, 0.717) is 5.69 Å². The number of aliphatic hydroxyl groups is 1. The van der Waals surface area contributed by atoms with Crippen LogP contribution in [-0.2, 0) is 16.1 Å². The molecule has 0 unspecified atom stereocenters. The summed E-state index contributed by atoms with van der Waals surface area (Å²) in [5, 5.41) is 12.5. The highest BCUT2D eigenvalue weighted by atomic mass is 35.5. The Morgan fingerprint density at radius 3 is 2.67 bits per heavy atom. The van der Waals surface area contributed by atoms with Crippen molar-refractivity contribution in [2.45, 2.75) is 18.8 Å². The van der Waals surface area contributed by atoms with Crippen LogP contribution < -0.4 is 10.2 Å². The fourth-order valence-electron chi connectivity index (χ4n) is 2.69. The van der Waals surface area contributed by atoms with Crippen LogP contribution in [0.3, 0.4) is 0 Å². The summed E-state index contributed by atoms with van der Waals surface area (Å²) in [7, 11) is 0. The number of rotatable bonds is 4. The lowest BCUT2D eigenvalue weighted by atomic mass is 10.2.